The van der Waals surface area contributed by atoms with Crippen molar-refractivity contribution in [2.45, 2.75) is 25.9 Å². The molecular formula is C21H30N2O6. The average molecular weight is 406 g/mol. The summed E-state index contributed by atoms with van der Waals surface area (Å²) in [5, 5.41) is 3.12. The largest absolute Gasteiger partial charge is 0.481 e. The Bertz CT molecular complexity index is 700. The summed E-state index contributed by atoms with van der Waals surface area (Å²) in [6, 6.07) is 5.34. The number of hydrogen-bond donors (Lipinski definition) is 1. The van der Waals surface area contributed by atoms with Crippen LogP contribution in [0.2, 0.25) is 0 Å². The van der Waals surface area contributed by atoms with Gasteiger partial charge in [-0.1, -0.05) is 0 Å². The number of hydrogen-bond acceptors (Lipinski definition) is 7. The Balaban J connectivity index is 1.32. The van der Waals surface area contributed by atoms with Crippen LogP contribution in [-0.2, 0) is 14.3 Å². The second-order valence-corrected chi connectivity index (χ2v) is 7.99. The van der Waals surface area contributed by atoms with Crippen LogP contribution in [0.4, 0.5) is 0 Å². The summed E-state index contributed by atoms with van der Waals surface area (Å²) in [7, 11) is 0. The molecule has 0 saturated carbocycles. The highest BCUT2D eigenvalue weighted by atomic mass is 16.7. The fraction of sp³-hybridized carbons (Fsp3) is 0.667. The molecule has 2 saturated heterocycles. The molecule has 1 amide bonds. The first-order valence-electron chi connectivity index (χ1n) is 10.4. The van der Waals surface area contributed by atoms with Crippen LogP contribution in [0.1, 0.15) is 19.8 Å². The molecule has 3 aliphatic heterocycles. The fourth-order valence-electron chi connectivity index (χ4n) is 4.05. The first-order valence-corrected chi connectivity index (χ1v) is 10.4. The second kappa shape index (κ2) is 9.19. The number of amides is 1. The Labute approximate surface area is 171 Å². The second-order valence-electron chi connectivity index (χ2n) is 7.99. The van der Waals surface area contributed by atoms with Crippen molar-refractivity contribution < 1.29 is 28.5 Å². The van der Waals surface area contributed by atoms with E-state index in [4.69, 9.17) is 23.7 Å². The minimum atomic E-state index is -0.601. The zero-order valence-electron chi connectivity index (χ0n) is 17.0. The van der Waals surface area contributed by atoms with Crippen LogP contribution in [0.25, 0.3) is 0 Å². The Morgan fingerprint density at radius 2 is 1.86 bits per heavy atom. The summed E-state index contributed by atoms with van der Waals surface area (Å²) in [5.74, 6) is 1.81. The minimum absolute atomic E-state index is 0.0315. The quantitative estimate of drug-likeness (QED) is 0.734. The van der Waals surface area contributed by atoms with E-state index in [1.807, 2.05) is 0 Å². The van der Waals surface area contributed by atoms with Crippen molar-refractivity contribution in [1.82, 2.24) is 10.2 Å². The lowest BCUT2D eigenvalue weighted by atomic mass is 9.79. The summed E-state index contributed by atoms with van der Waals surface area (Å²) < 4.78 is 27.5. The van der Waals surface area contributed by atoms with Crippen molar-refractivity contribution >= 4 is 5.91 Å². The molecular weight excluding hydrogens is 376 g/mol. The van der Waals surface area contributed by atoms with Gasteiger partial charge in [-0.3, -0.25) is 9.69 Å². The van der Waals surface area contributed by atoms with E-state index in [1.165, 1.54) is 0 Å². The van der Waals surface area contributed by atoms with Crippen LogP contribution in [0.5, 0.6) is 17.2 Å². The van der Waals surface area contributed by atoms with Gasteiger partial charge in [-0.15, -0.1) is 0 Å². The van der Waals surface area contributed by atoms with E-state index in [0.29, 0.717) is 23.8 Å². The maximum absolute atomic E-state index is 12.7. The van der Waals surface area contributed by atoms with Gasteiger partial charge in [-0.25, -0.2) is 0 Å². The average Bonchev–Trinajstić information content (AvgIpc) is 3.21. The number of fused-ring (bicyclic) bond motifs is 1. The molecule has 1 unspecified atom stereocenters. The molecule has 29 heavy (non-hydrogen) atoms. The first kappa shape index (κ1) is 20.3. The summed E-state index contributed by atoms with van der Waals surface area (Å²) >= 11 is 0. The van der Waals surface area contributed by atoms with Crippen LogP contribution < -0.4 is 19.5 Å². The van der Waals surface area contributed by atoms with E-state index in [9.17, 15) is 4.79 Å². The molecule has 1 N–H and O–H groups in total. The number of carbonyl (C=O) groups excluding carboxylic acids is 1. The molecule has 4 rings (SSSR count). The number of carbonyl (C=O) groups is 1. The molecule has 1 aromatic carbocycles. The van der Waals surface area contributed by atoms with Crippen LogP contribution >= 0.6 is 0 Å². The van der Waals surface area contributed by atoms with Crippen molar-refractivity contribution in [3.8, 4) is 17.2 Å². The van der Waals surface area contributed by atoms with Crippen molar-refractivity contribution in [2.75, 3.05) is 59.4 Å². The van der Waals surface area contributed by atoms with Gasteiger partial charge in [0.1, 0.15) is 5.75 Å². The lowest BCUT2D eigenvalue weighted by Crippen LogP contribution is -2.52. The maximum atomic E-state index is 12.7. The van der Waals surface area contributed by atoms with Crippen LogP contribution in [0.15, 0.2) is 18.2 Å². The Morgan fingerprint density at radius 3 is 2.66 bits per heavy atom. The fourth-order valence-corrected chi connectivity index (χ4v) is 4.05. The van der Waals surface area contributed by atoms with Gasteiger partial charge in [0.15, 0.2) is 17.6 Å². The van der Waals surface area contributed by atoms with Crippen molar-refractivity contribution in [1.29, 1.82) is 0 Å². The van der Waals surface area contributed by atoms with E-state index in [1.54, 1.807) is 25.1 Å². The third-order valence-corrected chi connectivity index (χ3v) is 5.88. The molecule has 8 heteroatoms. The number of nitrogens with zero attached hydrogens (tertiary/aromatic N) is 1. The number of morpholine rings is 1. The molecule has 0 aliphatic carbocycles. The van der Waals surface area contributed by atoms with Gasteiger partial charge < -0.3 is 29.0 Å². The molecule has 8 nitrogen and oxygen atoms in total. The summed E-state index contributed by atoms with van der Waals surface area (Å²) in [4.78, 5) is 15.1. The van der Waals surface area contributed by atoms with Crippen molar-refractivity contribution in [3.63, 3.8) is 0 Å². The van der Waals surface area contributed by atoms with Crippen LogP contribution in [0.3, 0.4) is 0 Å². The smallest absolute Gasteiger partial charge is 0.260 e. The summed E-state index contributed by atoms with van der Waals surface area (Å²) in [6.45, 7) is 8.48. The molecule has 160 valence electrons. The molecule has 2 fully saturated rings. The Hall–Kier alpha value is -2.03. The first-order chi connectivity index (χ1) is 14.1. The zero-order valence-corrected chi connectivity index (χ0v) is 17.0. The minimum Gasteiger partial charge on any atom is -0.481 e. The van der Waals surface area contributed by atoms with Gasteiger partial charge in [0.25, 0.3) is 5.91 Å². The molecule has 0 aromatic heterocycles. The highest BCUT2D eigenvalue weighted by Crippen LogP contribution is 2.35. The maximum Gasteiger partial charge on any atom is 0.260 e. The third kappa shape index (κ3) is 5.12. The van der Waals surface area contributed by atoms with Gasteiger partial charge in [0, 0.05) is 50.9 Å². The van der Waals surface area contributed by atoms with Crippen LogP contribution in [-0.4, -0.2) is 76.3 Å². The van der Waals surface area contributed by atoms with E-state index in [-0.39, 0.29) is 18.1 Å². The lowest BCUT2D eigenvalue weighted by molar-refractivity contribution is -0.128. The monoisotopic (exact) mass is 406 g/mol. The number of benzene rings is 1. The van der Waals surface area contributed by atoms with Gasteiger partial charge >= 0.3 is 0 Å². The molecule has 0 bridgehead atoms. The standard InChI is InChI=1S/C21H30N2O6/c1-16(29-17-2-3-18-19(12-17)28-15-27-18)20(24)22-13-21(4-8-25-9-5-21)14-23-6-10-26-11-7-23/h2-3,12,16H,4-11,13-15H2,1H3,(H,22,24). The topological polar surface area (TPSA) is 78.5 Å². The van der Waals surface area contributed by atoms with Gasteiger partial charge in [0.2, 0.25) is 6.79 Å². The van der Waals surface area contributed by atoms with Crippen molar-refractivity contribution in [2.24, 2.45) is 5.41 Å². The third-order valence-electron chi connectivity index (χ3n) is 5.88. The molecule has 0 radical (unpaired) electrons. The molecule has 1 atom stereocenters. The number of ether oxygens (including phenoxy) is 5. The molecule has 0 spiro atoms. The van der Waals surface area contributed by atoms with E-state index in [0.717, 1.165) is 58.9 Å². The molecule has 1 aromatic rings. The zero-order chi connectivity index (χ0) is 20.1. The highest BCUT2D eigenvalue weighted by Gasteiger charge is 2.35. The Morgan fingerprint density at radius 1 is 1.14 bits per heavy atom. The molecule has 3 heterocycles. The predicted molar refractivity (Wildman–Crippen MR) is 105 cm³/mol. The molecule has 3 aliphatic rings. The van der Waals surface area contributed by atoms with Gasteiger partial charge in [-0.2, -0.15) is 0 Å². The Kier molecular flexibility index (Phi) is 6.42. The van der Waals surface area contributed by atoms with Gasteiger partial charge in [-0.05, 0) is 31.9 Å². The number of nitrogens with one attached hydrogen (secondary N) is 1. The van der Waals surface area contributed by atoms with E-state index in [2.05, 4.69) is 10.2 Å². The van der Waals surface area contributed by atoms with Crippen LogP contribution in [0, 0.1) is 5.41 Å². The normalized spacial score (nSPS) is 22.1. The number of rotatable bonds is 7. The van der Waals surface area contributed by atoms with Crippen molar-refractivity contribution in [3.05, 3.63) is 18.2 Å². The highest BCUT2D eigenvalue weighted by molar-refractivity contribution is 5.80. The SMILES string of the molecule is CC(Oc1ccc2c(c1)OCO2)C(=O)NCC1(CN2CCOCC2)CCOCC1. The van der Waals surface area contributed by atoms with E-state index >= 15 is 0 Å². The predicted octanol–water partition coefficient (Wildman–Crippen LogP) is 1.43. The summed E-state index contributed by atoms with van der Waals surface area (Å²) in [6.07, 6.45) is 1.29. The summed E-state index contributed by atoms with van der Waals surface area (Å²) in [5.41, 5.74) is 0.0315. The van der Waals surface area contributed by atoms with Gasteiger partial charge in [0.05, 0.1) is 13.2 Å². The van der Waals surface area contributed by atoms with E-state index < -0.39 is 6.10 Å². The lowest BCUT2D eigenvalue weighted by Gasteiger charge is -2.42.